The van der Waals surface area contributed by atoms with E-state index in [1.807, 2.05) is 12.1 Å². The van der Waals surface area contributed by atoms with Crippen molar-refractivity contribution in [2.45, 2.75) is 13.0 Å². The third-order valence-electron chi connectivity index (χ3n) is 5.12. The van der Waals surface area contributed by atoms with Gasteiger partial charge in [-0.15, -0.1) is 0 Å². The van der Waals surface area contributed by atoms with Gasteiger partial charge < -0.3 is 10.6 Å². The Morgan fingerprint density at radius 2 is 1.57 bits per heavy atom. The number of benzene rings is 3. The molecule has 30 heavy (non-hydrogen) atoms. The molecule has 0 aliphatic carbocycles. The Bertz CT molecular complexity index is 1070. The maximum absolute atomic E-state index is 13.1. The normalized spacial score (nSPS) is 13.4. The highest BCUT2D eigenvalue weighted by Gasteiger charge is 2.19. The van der Waals surface area contributed by atoms with Crippen molar-refractivity contribution in [2.24, 2.45) is 0 Å². The first-order chi connectivity index (χ1) is 14.6. The molecule has 0 unspecified atom stereocenters. The van der Waals surface area contributed by atoms with E-state index in [1.54, 1.807) is 24.3 Å². The zero-order valence-electron chi connectivity index (χ0n) is 16.4. The molecule has 5 nitrogen and oxygen atoms in total. The van der Waals surface area contributed by atoms with Crippen LogP contribution in [0.15, 0.2) is 72.8 Å². The minimum absolute atomic E-state index is 0.170. The topological polar surface area (TPSA) is 61.4 Å². The van der Waals surface area contributed by atoms with E-state index in [-0.39, 0.29) is 24.2 Å². The summed E-state index contributed by atoms with van der Waals surface area (Å²) in [6.07, 6.45) is 0.917. The second-order valence-electron chi connectivity index (χ2n) is 7.28. The lowest BCUT2D eigenvalue weighted by molar-refractivity contribution is -0.117. The quantitative estimate of drug-likeness (QED) is 0.675. The predicted molar refractivity (Wildman–Crippen MR) is 115 cm³/mol. The summed E-state index contributed by atoms with van der Waals surface area (Å²) in [7, 11) is 0. The van der Waals surface area contributed by atoms with Crippen molar-refractivity contribution in [1.82, 2.24) is 4.90 Å². The highest BCUT2D eigenvalue weighted by atomic mass is 19.1. The van der Waals surface area contributed by atoms with Crippen molar-refractivity contribution >= 4 is 23.2 Å². The molecular weight excluding hydrogens is 381 g/mol. The molecule has 2 amide bonds. The Balaban J connectivity index is 1.40. The number of hydrogen-bond acceptors (Lipinski definition) is 3. The molecule has 0 spiro atoms. The molecule has 3 aromatic carbocycles. The summed E-state index contributed by atoms with van der Waals surface area (Å²) in [6.45, 7) is 1.80. The van der Waals surface area contributed by atoms with Crippen LogP contribution >= 0.6 is 0 Å². The van der Waals surface area contributed by atoms with Gasteiger partial charge in [-0.2, -0.15) is 0 Å². The summed E-state index contributed by atoms with van der Waals surface area (Å²) < 4.78 is 13.1. The monoisotopic (exact) mass is 403 g/mol. The molecule has 6 heteroatoms. The van der Waals surface area contributed by atoms with Crippen LogP contribution in [0.4, 0.5) is 15.8 Å². The van der Waals surface area contributed by atoms with Crippen molar-refractivity contribution in [1.29, 1.82) is 0 Å². The zero-order chi connectivity index (χ0) is 20.9. The molecular formula is C24H22FN3O2. The van der Waals surface area contributed by atoms with Crippen molar-refractivity contribution in [2.75, 3.05) is 23.7 Å². The van der Waals surface area contributed by atoms with Crippen LogP contribution in [0, 0.1) is 5.82 Å². The lowest BCUT2D eigenvalue weighted by Crippen LogP contribution is -2.37. The highest BCUT2D eigenvalue weighted by molar-refractivity contribution is 6.10. The number of carbonyl (C=O) groups is 2. The van der Waals surface area contributed by atoms with Crippen molar-refractivity contribution in [3.05, 3.63) is 95.3 Å². The predicted octanol–water partition coefficient (Wildman–Crippen LogP) is 4.07. The van der Waals surface area contributed by atoms with Crippen LogP contribution in [0.1, 0.15) is 21.5 Å². The standard InChI is InChI=1S/C24H22FN3O2/c25-19-9-11-20(12-10-19)26-24(30)21-7-3-4-8-22(21)27-23(29)16-28-14-13-17-5-1-2-6-18(17)15-28/h1-12H,13-16H2,(H,26,30)(H,27,29). The molecule has 1 heterocycles. The number of hydrogen-bond donors (Lipinski definition) is 2. The Morgan fingerprint density at radius 1 is 0.867 bits per heavy atom. The van der Waals surface area contributed by atoms with E-state index in [1.165, 1.54) is 35.4 Å². The number of fused-ring (bicyclic) bond motifs is 1. The number of para-hydroxylation sites is 1. The molecule has 0 bridgehead atoms. The van der Waals surface area contributed by atoms with Crippen molar-refractivity contribution in [3.8, 4) is 0 Å². The summed E-state index contributed by atoms with van der Waals surface area (Å²) in [5.74, 6) is -0.915. The Kier molecular flexibility index (Phi) is 5.86. The maximum Gasteiger partial charge on any atom is 0.257 e. The van der Waals surface area contributed by atoms with Gasteiger partial charge in [0.2, 0.25) is 5.91 Å². The van der Waals surface area contributed by atoms with Crippen molar-refractivity contribution < 1.29 is 14.0 Å². The van der Waals surface area contributed by atoms with Gasteiger partial charge in [0.25, 0.3) is 5.91 Å². The molecule has 1 aliphatic heterocycles. The van der Waals surface area contributed by atoms with E-state index >= 15 is 0 Å². The number of amides is 2. The number of rotatable bonds is 5. The molecule has 2 N–H and O–H groups in total. The van der Waals surface area contributed by atoms with Crippen LogP contribution in [0.25, 0.3) is 0 Å². The fraction of sp³-hybridized carbons (Fsp3) is 0.167. The Hall–Kier alpha value is -3.51. The summed E-state index contributed by atoms with van der Waals surface area (Å²) in [6, 6.07) is 20.6. The van der Waals surface area contributed by atoms with Crippen LogP contribution in [0.2, 0.25) is 0 Å². The third-order valence-corrected chi connectivity index (χ3v) is 5.12. The molecule has 0 fully saturated rings. The van der Waals surface area contributed by atoms with E-state index in [0.717, 1.165) is 19.5 Å². The van der Waals surface area contributed by atoms with Gasteiger partial charge in [-0.1, -0.05) is 36.4 Å². The average molecular weight is 403 g/mol. The van der Waals surface area contributed by atoms with Crippen LogP contribution in [0.5, 0.6) is 0 Å². The minimum atomic E-state index is -0.374. The van der Waals surface area contributed by atoms with E-state index in [2.05, 4.69) is 27.7 Å². The van der Waals surface area contributed by atoms with Crippen LogP contribution in [-0.2, 0) is 17.8 Å². The van der Waals surface area contributed by atoms with E-state index < -0.39 is 0 Å². The zero-order valence-corrected chi connectivity index (χ0v) is 16.4. The SMILES string of the molecule is O=C(CN1CCc2ccccc2C1)Nc1ccccc1C(=O)Nc1ccc(F)cc1. The van der Waals surface area contributed by atoms with Crippen LogP contribution in [0.3, 0.4) is 0 Å². The molecule has 4 rings (SSSR count). The van der Waals surface area contributed by atoms with E-state index in [9.17, 15) is 14.0 Å². The molecule has 0 radical (unpaired) electrons. The largest absolute Gasteiger partial charge is 0.324 e. The number of nitrogens with one attached hydrogen (secondary N) is 2. The van der Waals surface area contributed by atoms with Gasteiger partial charge in [0.1, 0.15) is 5.82 Å². The Labute approximate surface area is 174 Å². The van der Waals surface area contributed by atoms with Crippen LogP contribution in [-0.4, -0.2) is 29.8 Å². The third kappa shape index (κ3) is 4.72. The molecule has 0 atom stereocenters. The summed E-state index contributed by atoms with van der Waals surface area (Å²) in [5, 5.41) is 5.58. The van der Waals surface area contributed by atoms with Crippen molar-refractivity contribution in [3.63, 3.8) is 0 Å². The summed E-state index contributed by atoms with van der Waals surface area (Å²) in [5.41, 5.74) is 3.85. The van der Waals surface area contributed by atoms with Crippen LogP contribution < -0.4 is 10.6 Å². The second-order valence-corrected chi connectivity index (χ2v) is 7.28. The maximum atomic E-state index is 13.1. The first-order valence-corrected chi connectivity index (χ1v) is 9.83. The minimum Gasteiger partial charge on any atom is -0.324 e. The molecule has 3 aromatic rings. The fourth-order valence-corrected chi connectivity index (χ4v) is 3.60. The number of anilines is 2. The molecule has 0 saturated heterocycles. The first kappa shape index (κ1) is 19.8. The lowest BCUT2D eigenvalue weighted by atomic mass is 10.00. The molecule has 152 valence electrons. The van der Waals surface area contributed by atoms with Gasteiger partial charge in [0.05, 0.1) is 17.8 Å². The molecule has 0 aromatic heterocycles. The summed E-state index contributed by atoms with van der Waals surface area (Å²) >= 11 is 0. The smallest absolute Gasteiger partial charge is 0.257 e. The number of nitrogens with zero attached hydrogens (tertiary/aromatic N) is 1. The number of carbonyl (C=O) groups excluding carboxylic acids is 2. The van der Waals surface area contributed by atoms with Gasteiger partial charge >= 0.3 is 0 Å². The highest BCUT2D eigenvalue weighted by Crippen LogP contribution is 2.20. The first-order valence-electron chi connectivity index (χ1n) is 9.83. The Morgan fingerprint density at radius 3 is 2.37 bits per heavy atom. The number of halogens is 1. The van der Waals surface area contributed by atoms with E-state index in [4.69, 9.17) is 0 Å². The second kappa shape index (κ2) is 8.88. The lowest BCUT2D eigenvalue weighted by Gasteiger charge is -2.28. The van der Waals surface area contributed by atoms with Gasteiger partial charge in [-0.05, 0) is 53.9 Å². The van der Waals surface area contributed by atoms with Gasteiger partial charge in [-0.3, -0.25) is 14.5 Å². The summed E-state index contributed by atoms with van der Waals surface area (Å²) in [4.78, 5) is 27.4. The van der Waals surface area contributed by atoms with E-state index in [0.29, 0.717) is 16.9 Å². The average Bonchev–Trinajstić information content (AvgIpc) is 2.75. The van der Waals surface area contributed by atoms with Gasteiger partial charge in [-0.25, -0.2) is 4.39 Å². The van der Waals surface area contributed by atoms with Gasteiger partial charge in [0, 0.05) is 18.8 Å². The fourth-order valence-electron chi connectivity index (χ4n) is 3.60. The molecule has 1 aliphatic rings. The molecule has 0 saturated carbocycles. The van der Waals surface area contributed by atoms with Gasteiger partial charge in [0.15, 0.2) is 0 Å².